The molecule has 72 valence electrons. The molecular formula is C10H17N3. The van der Waals surface area contributed by atoms with Gasteiger partial charge in [-0.15, -0.1) is 0 Å². The lowest BCUT2D eigenvalue weighted by atomic mass is 10.1. The molecule has 0 amide bonds. The van der Waals surface area contributed by atoms with Crippen LogP contribution in [0.5, 0.6) is 0 Å². The lowest BCUT2D eigenvalue weighted by Gasteiger charge is -2.17. The second kappa shape index (κ2) is 3.50. The predicted octanol–water partition coefficient (Wildman–Crippen LogP) is 1.32. The number of hydrogen-bond donors (Lipinski definition) is 1. The zero-order valence-corrected chi connectivity index (χ0v) is 8.38. The molecule has 2 heterocycles. The highest BCUT2D eigenvalue weighted by atomic mass is 15.3. The van der Waals surface area contributed by atoms with Gasteiger partial charge < -0.3 is 5.32 Å². The van der Waals surface area contributed by atoms with Crippen molar-refractivity contribution in [2.75, 3.05) is 6.54 Å². The van der Waals surface area contributed by atoms with Gasteiger partial charge in [-0.05, 0) is 31.9 Å². The largest absolute Gasteiger partial charge is 0.311 e. The molecule has 0 radical (unpaired) electrons. The van der Waals surface area contributed by atoms with Crippen molar-refractivity contribution >= 4 is 0 Å². The summed E-state index contributed by atoms with van der Waals surface area (Å²) in [6.07, 6.45) is 1.22. The molecule has 0 bridgehead atoms. The summed E-state index contributed by atoms with van der Waals surface area (Å²) in [5.74, 6) is 0.762. The predicted molar refractivity (Wildman–Crippen MR) is 52.5 cm³/mol. The quantitative estimate of drug-likeness (QED) is 0.651. The van der Waals surface area contributed by atoms with E-state index in [1.165, 1.54) is 12.1 Å². The third-order valence-corrected chi connectivity index (χ3v) is 2.62. The maximum Gasteiger partial charge on any atom is 0.0597 e. The lowest BCUT2D eigenvalue weighted by molar-refractivity contribution is 0.395. The number of rotatable bonds is 0. The van der Waals surface area contributed by atoms with Gasteiger partial charge in [-0.3, -0.25) is 4.68 Å². The highest BCUT2D eigenvalue weighted by molar-refractivity contribution is 5.09. The summed E-state index contributed by atoms with van der Waals surface area (Å²) in [7, 11) is 0. The molecule has 0 saturated heterocycles. The molecule has 1 unspecified atom stereocenters. The summed E-state index contributed by atoms with van der Waals surface area (Å²) in [4.78, 5) is 0. The van der Waals surface area contributed by atoms with Gasteiger partial charge in [0.15, 0.2) is 0 Å². The van der Waals surface area contributed by atoms with E-state index in [0.717, 1.165) is 31.2 Å². The van der Waals surface area contributed by atoms with E-state index in [-0.39, 0.29) is 0 Å². The SMILES string of the molecule is Cc1cc2n(n1)CCC(C)CNC2. The Balaban J connectivity index is 2.19. The van der Waals surface area contributed by atoms with Crippen molar-refractivity contribution in [2.24, 2.45) is 5.92 Å². The van der Waals surface area contributed by atoms with Gasteiger partial charge in [0.2, 0.25) is 0 Å². The average Bonchev–Trinajstić information content (AvgIpc) is 2.40. The van der Waals surface area contributed by atoms with Gasteiger partial charge >= 0.3 is 0 Å². The van der Waals surface area contributed by atoms with E-state index < -0.39 is 0 Å². The fraction of sp³-hybridized carbons (Fsp3) is 0.700. The summed E-state index contributed by atoms with van der Waals surface area (Å²) in [6.45, 7) is 7.51. The number of hydrogen-bond acceptors (Lipinski definition) is 2. The smallest absolute Gasteiger partial charge is 0.0597 e. The van der Waals surface area contributed by atoms with Crippen LogP contribution in [0, 0.1) is 12.8 Å². The van der Waals surface area contributed by atoms with Crippen molar-refractivity contribution in [3.8, 4) is 0 Å². The van der Waals surface area contributed by atoms with E-state index in [0.29, 0.717) is 0 Å². The maximum absolute atomic E-state index is 4.46. The zero-order chi connectivity index (χ0) is 9.26. The molecule has 0 saturated carbocycles. The van der Waals surface area contributed by atoms with Crippen LogP contribution in [0.2, 0.25) is 0 Å². The van der Waals surface area contributed by atoms with Crippen LogP contribution in [0.25, 0.3) is 0 Å². The molecule has 3 heteroatoms. The number of aromatic nitrogens is 2. The highest BCUT2D eigenvalue weighted by Crippen LogP contribution is 2.11. The standard InChI is InChI=1S/C10H17N3/c1-8-3-4-13-10(7-11-6-8)5-9(2)12-13/h5,8,11H,3-4,6-7H2,1-2H3. The number of nitrogens with zero attached hydrogens (tertiary/aromatic N) is 2. The third kappa shape index (κ3) is 1.91. The normalized spacial score (nSPS) is 23.4. The van der Waals surface area contributed by atoms with Crippen molar-refractivity contribution in [1.29, 1.82) is 0 Å². The Kier molecular flexibility index (Phi) is 2.36. The molecule has 0 aromatic carbocycles. The summed E-state index contributed by atoms with van der Waals surface area (Å²) in [5.41, 5.74) is 2.45. The fourth-order valence-electron chi connectivity index (χ4n) is 1.83. The summed E-state index contributed by atoms with van der Waals surface area (Å²) < 4.78 is 2.14. The van der Waals surface area contributed by atoms with Crippen LogP contribution < -0.4 is 5.32 Å². The van der Waals surface area contributed by atoms with Crippen LogP contribution in [-0.2, 0) is 13.1 Å². The molecule has 2 rings (SSSR count). The first kappa shape index (κ1) is 8.75. The minimum absolute atomic E-state index is 0.762. The molecule has 0 fully saturated rings. The minimum Gasteiger partial charge on any atom is -0.311 e. The second-order valence-corrected chi connectivity index (χ2v) is 4.02. The molecule has 0 aliphatic carbocycles. The Labute approximate surface area is 79.1 Å². The maximum atomic E-state index is 4.46. The Morgan fingerprint density at radius 1 is 1.62 bits per heavy atom. The molecule has 1 aliphatic rings. The van der Waals surface area contributed by atoms with E-state index in [4.69, 9.17) is 0 Å². The Hall–Kier alpha value is -0.830. The van der Waals surface area contributed by atoms with Crippen LogP contribution in [0.15, 0.2) is 6.07 Å². The van der Waals surface area contributed by atoms with E-state index in [1.54, 1.807) is 0 Å². The highest BCUT2D eigenvalue weighted by Gasteiger charge is 2.11. The molecule has 3 nitrogen and oxygen atoms in total. The molecule has 1 atom stereocenters. The van der Waals surface area contributed by atoms with Gasteiger partial charge in [0.25, 0.3) is 0 Å². The van der Waals surface area contributed by atoms with Crippen LogP contribution in [-0.4, -0.2) is 16.3 Å². The zero-order valence-electron chi connectivity index (χ0n) is 8.38. The van der Waals surface area contributed by atoms with Crippen molar-refractivity contribution in [1.82, 2.24) is 15.1 Å². The second-order valence-electron chi connectivity index (χ2n) is 4.02. The molecule has 1 aliphatic heterocycles. The molecule has 1 aromatic rings. The summed E-state index contributed by atoms with van der Waals surface area (Å²) in [5, 5.41) is 7.91. The minimum atomic E-state index is 0.762. The first-order chi connectivity index (χ1) is 6.25. The fourth-order valence-corrected chi connectivity index (χ4v) is 1.83. The molecule has 13 heavy (non-hydrogen) atoms. The first-order valence-corrected chi connectivity index (χ1v) is 5.00. The Morgan fingerprint density at radius 2 is 2.46 bits per heavy atom. The van der Waals surface area contributed by atoms with Crippen molar-refractivity contribution in [3.63, 3.8) is 0 Å². The van der Waals surface area contributed by atoms with Gasteiger partial charge in [0.1, 0.15) is 0 Å². The van der Waals surface area contributed by atoms with Crippen LogP contribution >= 0.6 is 0 Å². The van der Waals surface area contributed by atoms with Gasteiger partial charge in [0, 0.05) is 13.1 Å². The van der Waals surface area contributed by atoms with Crippen LogP contribution in [0.1, 0.15) is 24.7 Å². The van der Waals surface area contributed by atoms with Crippen molar-refractivity contribution in [3.05, 3.63) is 17.5 Å². The van der Waals surface area contributed by atoms with Gasteiger partial charge in [-0.1, -0.05) is 6.92 Å². The van der Waals surface area contributed by atoms with Crippen LogP contribution in [0.4, 0.5) is 0 Å². The van der Waals surface area contributed by atoms with Crippen LogP contribution in [0.3, 0.4) is 0 Å². The van der Waals surface area contributed by atoms with Gasteiger partial charge in [-0.25, -0.2) is 0 Å². The number of nitrogens with one attached hydrogen (secondary N) is 1. The number of fused-ring (bicyclic) bond motifs is 1. The third-order valence-electron chi connectivity index (χ3n) is 2.62. The first-order valence-electron chi connectivity index (χ1n) is 5.00. The Bertz CT molecular complexity index is 290. The van der Waals surface area contributed by atoms with Gasteiger partial charge in [0.05, 0.1) is 11.4 Å². The van der Waals surface area contributed by atoms with E-state index in [2.05, 4.69) is 35.0 Å². The molecule has 1 N–H and O–H groups in total. The van der Waals surface area contributed by atoms with Crippen molar-refractivity contribution in [2.45, 2.75) is 33.4 Å². The lowest BCUT2D eigenvalue weighted by Crippen LogP contribution is -2.26. The molecule has 1 aromatic heterocycles. The summed E-state index contributed by atoms with van der Waals surface area (Å²) in [6, 6.07) is 2.17. The van der Waals surface area contributed by atoms with Crippen molar-refractivity contribution < 1.29 is 0 Å². The van der Waals surface area contributed by atoms with E-state index >= 15 is 0 Å². The molecular weight excluding hydrogens is 162 g/mol. The number of aryl methyl sites for hydroxylation is 2. The van der Waals surface area contributed by atoms with E-state index in [9.17, 15) is 0 Å². The summed E-state index contributed by atoms with van der Waals surface area (Å²) >= 11 is 0. The average molecular weight is 179 g/mol. The van der Waals surface area contributed by atoms with E-state index in [1.807, 2.05) is 0 Å². The monoisotopic (exact) mass is 179 g/mol. The Morgan fingerprint density at radius 3 is 3.31 bits per heavy atom. The topological polar surface area (TPSA) is 29.9 Å². The van der Waals surface area contributed by atoms with Gasteiger partial charge in [-0.2, -0.15) is 5.10 Å². The molecule has 0 spiro atoms.